The number of nitrogens with one attached hydrogen (secondary N) is 1. The Morgan fingerprint density at radius 1 is 1.45 bits per heavy atom. The number of nitrogen functional groups attached to an aromatic ring is 1. The summed E-state index contributed by atoms with van der Waals surface area (Å²) < 4.78 is 5.57. The van der Waals surface area contributed by atoms with Gasteiger partial charge in [0, 0.05) is 11.8 Å². The van der Waals surface area contributed by atoms with E-state index in [2.05, 4.69) is 9.97 Å². The minimum atomic E-state index is -0.262. The molecule has 0 saturated carbocycles. The standard InChI is InChI=1S/C13H14ClN3O2S/c1-8-2-3-10(9(14)6-8)19-4-5-20-13-16-11(15)7-12(18)17-13/h2-3,6-7H,4-5H2,1H3,(H3,15,16,17,18). The highest BCUT2D eigenvalue weighted by Gasteiger charge is 2.03. The van der Waals surface area contributed by atoms with Crippen LogP contribution < -0.4 is 16.0 Å². The number of hydrogen-bond donors (Lipinski definition) is 2. The van der Waals surface area contributed by atoms with Gasteiger partial charge in [-0.25, -0.2) is 4.98 Å². The molecule has 2 aromatic rings. The molecule has 7 heteroatoms. The van der Waals surface area contributed by atoms with Gasteiger partial charge >= 0.3 is 0 Å². The van der Waals surface area contributed by atoms with Gasteiger partial charge in [-0.15, -0.1) is 0 Å². The van der Waals surface area contributed by atoms with Crippen molar-refractivity contribution in [1.82, 2.24) is 9.97 Å². The van der Waals surface area contributed by atoms with Crippen molar-refractivity contribution in [3.05, 3.63) is 45.2 Å². The second-order valence-corrected chi connectivity index (χ2v) is 5.60. The first-order valence-electron chi connectivity index (χ1n) is 5.93. The summed E-state index contributed by atoms with van der Waals surface area (Å²) in [4.78, 5) is 17.8. The van der Waals surface area contributed by atoms with Crippen LogP contribution in [-0.2, 0) is 0 Å². The van der Waals surface area contributed by atoms with Crippen LogP contribution in [0.25, 0.3) is 0 Å². The van der Waals surface area contributed by atoms with Gasteiger partial charge in [0.25, 0.3) is 5.56 Å². The number of rotatable bonds is 5. The number of ether oxygens (including phenoxy) is 1. The first kappa shape index (κ1) is 14.7. The molecule has 1 aromatic carbocycles. The van der Waals surface area contributed by atoms with Gasteiger partial charge < -0.3 is 15.5 Å². The Bertz CT molecular complexity index is 660. The van der Waals surface area contributed by atoms with Gasteiger partial charge in [-0.2, -0.15) is 0 Å². The monoisotopic (exact) mass is 311 g/mol. The molecule has 0 spiro atoms. The molecule has 3 N–H and O–H groups in total. The molecule has 0 aliphatic heterocycles. The Morgan fingerprint density at radius 3 is 2.95 bits per heavy atom. The van der Waals surface area contributed by atoms with Crippen LogP contribution in [0.15, 0.2) is 34.2 Å². The highest BCUT2D eigenvalue weighted by Crippen LogP contribution is 2.25. The lowest BCUT2D eigenvalue weighted by Crippen LogP contribution is -2.10. The number of aromatic amines is 1. The molecule has 0 saturated heterocycles. The van der Waals surface area contributed by atoms with Crippen molar-refractivity contribution in [2.45, 2.75) is 12.1 Å². The quantitative estimate of drug-likeness (QED) is 0.504. The van der Waals surface area contributed by atoms with E-state index in [0.29, 0.717) is 28.3 Å². The fourth-order valence-electron chi connectivity index (χ4n) is 1.53. The molecule has 5 nitrogen and oxygen atoms in total. The minimum absolute atomic E-state index is 0.207. The van der Waals surface area contributed by atoms with Crippen molar-refractivity contribution in [3.63, 3.8) is 0 Å². The van der Waals surface area contributed by atoms with Crippen LogP contribution in [-0.4, -0.2) is 22.3 Å². The lowest BCUT2D eigenvalue weighted by atomic mass is 10.2. The normalized spacial score (nSPS) is 10.5. The van der Waals surface area contributed by atoms with Crippen molar-refractivity contribution in [2.24, 2.45) is 0 Å². The fourth-order valence-corrected chi connectivity index (χ4v) is 2.53. The molecule has 0 aliphatic rings. The molecule has 1 heterocycles. The third kappa shape index (κ3) is 4.18. The molecule has 0 unspecified atom stereocenters. The first-order valence-corrected chi connectivity index (χ1v) is 7.29. The number of thioether (sulfide) groups is 1. The summed E-state index contributed by atoms with van der Waals surface area (Å²) in [5.41, 5.74) is 6.32. The maximum absolute atomic E-state index is 11.2. The smallest absolute Gasteiger partial charge is 0.253 e. The lowest BCUT2D eigenvalue weighted by molar-refractivity contribution is 0.344. The van der Waals surface area contributed by atoms with Gasteiger partial charge in [0.05, 0.1) is 11.6 Å². The average molecular weight is 312 g/mol. The molecule has 20 heavy (non-hydrogen) atoms. The zero-order chi connectivity index (χ0) is 14.5. The van der Waals surface area contributed by atoms with Gasteiger partial charge in [-0.3, -0.25) is 4.79 Å². The van der Waals surface area contributed by atoms with Gasteiger partial charge in [-0.05, 0) is 24.6 Å². The summed E-state index contributed by atoms with van der Waals surface area (Å²) in [6.07, 6.45) is 0. The van der Waals surface area contributed by atoms with Gasteiger partial charge in [-0.1, -0.05) is 29.4 Å². The number of aromatic nitrogens is 2. The Hall–Kier alpha value is -1.66. The van der Waals surface area contributed by atoms with E-state index in [1.54, 1.807) is 0 Å². The number of aryl methyl sites for hydroxylation is 1. The van der Waals surface area contributed by atoms with Crippen LogP contribution in [0.5, 0.6) is 5.75 Å². The Balaban J connectivity index is 1.86. The number of halogens is 1. The van der Waals surface area contributed by atoms with Crippen LogP contribution in [0.4, 0.5) is 5.82 Å². The molecule has 0 bridgehead atoms. The first-order chi connectivity index (χ1) is 9.54. The molecular formula is C13H14ClN3O2S. The van der Waals surface area contributed by atoms with E-state index in [-0.39, 0.29) is 11.4 Å². The maximum Gasteiger partial charge on any atom is 0.253 e. The summed E-state index contributed by atoms with van der Waals surface area (Å²) in [6, 6.07) is 6.86. The Morgan fingerprint density at radius 2 is 2.25 bits per heavy atom. The van der Waals surface area contributed by atoms with Gasteiger partial charge in [0.15, 0.2) is 5.16 Å². The van der Waals surface area contributed by atoms with E-state index in [1.807, 2.05) is 25.1 Å². The van der Waals surface area contributed by atoms with Crippen molar-refractivity contribution < 1.29 is 4.74 Å². The highest BCUT2D eigenvalue weighted by atomic mass is 35.5. The summed E-state index contributed by atoms with van der Waals surface area (Å²) in [6.45, 7) is 2.42. The maximum atomic E-state index is 11.2. The van der Waals surface area contributed by atoms with E-state index < -0.39 is 0 Å². The second kappa shape index (κ2) is 6.67. The number of benzene rings is 1. The largest absolute Gasteiger partial charge is 0.491 e. The summed E-state index contributed by atoms with van der Waals surface area (Å²) >= 11 is 7.42. The Labute approximate surface area is 125 Å². The molecule has 0 radical (unpaired) electrons. The highest BCUT2D eigenvalue weighted by molar-refractivity contribution is 7.99. The molecule has 0 amide bonds. The number of nitrogens with zero attached hydrogens (tertiary/aromatic N) is 1. The van der Waals surface area contributed by atoms with Gasteiger partial charge in [0.2, 0.25) is 0 Å². The summed E-state index contributed by atoms with van der Waals surface area (Å²) in [5.74, 6) is 1.47. The van der Waals surface area contributed by atoms with E-state index in [1.165, 1.54) is 17.8 Å². The number of H-pyrrole nitrogens is 1. The SMILES string of the molecule is Cc1ccc(OCCSc2nc(N)cc(=O)[nH]2)c(Cl)c1. The van der Waals surface area contributed by atoms with Crippen molar-refractivity contribution in [1.29, 1.82) is 0 Å². The molecule has 0 aliphatic carbocycles. The van der Waals surface area contributed by atoms with E-state index in [4.69, 9.17) is 22.1 Å². The van der Waals surface area contributed by atoms with Crippen LogP contribution >= 0.6 is 23.4 Å². The Kier molecular flexibility index (Phi) is 4.92. The molecule has 0 atom stereocenters. The average Bonchev–Trinajstić information content (AvgIpc) is 2.35. The summed E-state index contributed by atoms with van der Waals surface area (Å²) in [5, 5.41) is 1.07. The van der Waals surface area contributed by atoms with Crippen LogP contribution in [0, 0.1) is 6.92 Å². The lowest BCUT2D eigenvalue weighted by Gasteiger charge is -2.08. The predicted molar refractivity (Wildman–Crippen MR) is 81.7 cm³/mol. The van der Waals surface area contributed by atoms with Crippen molar-refractivity contribution in [2.75, 3.05) is 18.1 Å². The van der Waals surface area contributed by atoms with Crippen LogP contribution in [0.1, 0.15) is 5.56 Å². The number of nitrogens with two attached hydrogens (primary N) is 1. The molecular weight excluding hydrogens is 298 g/mol. The van der Waals surface area contributed by atoms with E-state index >= 15 is 0 Å². The number of hydrogen-bond acceptors (Lipinski definition) is 5. The third-order valence-corrected chi connectivity index (χ3v) is 3.54. The summed E-state index contributed by atoms with van der Waals surface area (Å²) in [7, 11) is 0. The van der Waals surface area contributed by atoms with Crippen LogP contribution in [0.2, 0.25) is 5.02 Å². The predicted octanol–water partition coefficient (Wildman–Crippen LogP) is 2.49. The fraction of sp³-hybridized carbons (Fsp3) is 0.231. The minimum Gasteiger partial charge on any atom is -0.491 e. The third-order valence-electron chi connectivity index (χ3n) is 2.41. The zero-order valence-electron chi connectivity index (χ0n) is 10.9. The van der Waals surface area contributed by atoms with E-state index in [0.717, 1.165) is 5.56 Å². The van der Waals surface area contributed by atoms with Crippen LogP contribution in [0.3, 0.4) is 0 Å². The second-order valence-electron chi connectivity index (χ2n) is 4.11. The van der Waals surface area contributed by atoms with Crippen molar-refractivity contribution in [3.8, 4) is 5.75 Å². The number of anilines is 1. The molecule has 2 rings (SSSR count). The van der Waals surface area contributed by atoms with Gasteiger partial charge in [0.1, 0.15) is 11.6 Å². The molecule has 0 fully saturated rings. The van der Waals surface area contributed by atoms with Crippen molar-refractivity contribution >= 4 is 29.2 Å². The molecule has 1 aromatic heterocycles. The van der Waals surface area contributed by atoms with E-state index in [9.17, 15) is 4.79 Å². The molecule has 106 valence electrons. The zero-order valence-corrected chi connectivity index (χ0v) is 12.4. The topological polar surface area (TPSA) is 81.0 Å².